The smallest absolute Gasteiger partial charge is 0.204 e. The van der Waals surface area contributed by atoms with Gasteiger partial charge in [0.25, 0.3) is 0 Å². The first kappa shape index (κ1) is 15.8. The van der Waals surface area contributed by atoms with E-state index >= 15 is 0 Å². The van der Waals surface area contributed by atoms with Gasteiger partial charge in [0.15, 0.2) is 11.5 Å². The molecule has 1 N–H and O–H groups in total. The number of nitrogens with zero attached hydrogens (tertiary/aromatic N) is 2. The number of ether oxygens (including phenoxy) is 2. The fourth-order valence-electron chi connectivity index (χ4n) is 2.09. The van der Waals surface area contributed by atoms with Gasteiger partial charge >= 0.3 is 0 Å². The Labute approximate surface area is 146 Å². The number of anilines is 1. The molecule has 3 rings (SSSR count). The van der Waals surface area contributed by atoms with E-state index in [9.17, 15) is 0 Å². The Morgan fingerprint density at radius 2 is 2.04 bits per heavy atom. The molecule has 0 unspecified atom stereocenters. The van der Waals surface area contributed by atoms with Crippen LogP contribution in [0.15, 0.2) is 46.0 Å². The summed E-state index contributed by atoms with van der Waals surface area (Å²) in [5.74, 6) is 1.30. The van der Waals surface area contributed by atoms with Crippen LogP contribution in [0.5, 0.6) is 11.5 Å². The second kappa shape index (κ2) is 6.97. The fraction of sp³-hybridized carbons (Fsp3) is 0.125. The number of aromatic nitrogens is 1. The number of hydrogen-bond donors (Lipinski definition) is 1. The van der Waals surface area contributed by atoms with Gasteiger partial charge in [-0.2, -0.15) is 5.10 Å². The summed E-state index contributed by atoms with van der Waals surface area (Å²) in [5, 5.41) is 4.99. The van der Waals surface area contributed by atoms with Crippen LogP contribution in [0.1, 0.15) is 5.56 Å². The van der Waals surface area contributed by atoms with Crippen molar-refractivity contribution in [3.63, 3.8) is 0 Å². The number of para-hydroxylation sites is 1. The molecular weight excluding hydrogens is 378 g/mol. The van der Waals surface area contributed by atoms with E-state index < -0.39 is 0 Å². The Morgan fingerprint density at radius 3 is 2.78 bits per heavy atom. The van der Waals surface area contributed by atoms with E-state index in [1.165, 1.54) is 0 Å². The minimum absolute atomic E-state index is 0.642. The predicted molar refractivity (Wildman–Crippen MR) is 98.1 cm³/mol. The van der Waals surface area contributed by atoms with Gasteiger partial charge < -0.3 is 9.47 Å². The van der Waals surface area contributed by atoms with Crippen molar-refractivity contribution in [2.75, 3.05) is 19.6 Å². The summed E-state index contributed by atoms with van der Waals surface area (Å²) in [6.45, 7) is 0. The third-order valence-corrected chi connectivity index (χ3v) is 4.65. The van der Waals surface area contributed by atoms with E-state index in [1.807, 2.05) is 36.4 Å². The highest BCUT2D eigenvalue weighted by molar-refractivity contribution is 9.10. The van der Waals surface area contributed by atoms with Crippen LogP contribution in [0, 0.1) is 0 Å². The van der Waals surface area contributed by atoms with Crippen molar-refractivity contribution in [3.05, 3.63) is 46.4 Å². The number of hydrazone groups is 1. The molecule has 0 atom stereocenters. The zero-order valence-electron chi connectivity index (χ0n) is 12.5. The summed E-state index contributed by atoms with van der Waals surface area (Å²) < 4.78 is 12.5. The van der Waals surface area contributed by atoms with Crippen molar-refractivity contribution in [1.29, 1.82) is 0 Å². The van der Waals surface area contributed by atoms with Crippen LogP contribution in [0.3, 0.4) is 0 Å². The summed E-state index contributed by atoms with van der Waals surface area (Å²) in [6, 6.07) is 11.7. The first-order valence-corrected chi connectivity index (χ1v) is 8.38. The average molecular weight is 392 g/mol. The van der Waals surface area contributed by atoms with Crippen molar-refractivity contribution in [2.45, 2.75) is 0 Å². The highest BCUT2D eigenvalue weighted by atomic mass is 79.9. The summed E-state index contributed by atoms with van der Waals surface area (Å²) >= 11 is 5.02. The largest absolute Gasteiger partial charge is 0.493 e. The zero-order valence-corrected chi connectivity index (χ0v) is 14.9. The Hall–Kier alpha value is -2.12. The number of nitrogens with one attached hydrogen (secondary N) is 1. The maximum absolute atomic E-state index is 5.31. The molecule has 0 bridgehead atoms. The van der Waals surface area contributed by atoms with Gasteiger partial charge in [0.2, 0.25) is 5.13 Å². The van der Waals surface area contributed by atoms with Gasteiger partial charge in [-0.25, -0.2) is 4.98 Å². The van der Waals surface area contributed by atoms with Gasteiger partial charge in [-0.05, 0) is 45.8 Å². The van der Waals surface area contributed by atoms with Crippen LogP contribution < -0.4 is 14.9 Å². The molecule has 23 heavy (non-hydrogen) atoms. The van der Waals surface area contributed by atoms with E-state index in [2.05, 4.69) is 31.4 Å². The molecule has 118 valence electrons. The molecule has 5 nitrogen and oxygen atoms in total. The highest BCUT2D eigenvalue weighted by Gasteiger charge is 2.09. The first-order chi connectivity index (χ1) is 11.2. The SMILES string of the molecule is COc1cc(/C=N\Nc2nc3ccccc3s2)cc(Br)c1OC. The Balaban J connectivity index is 1.78. The van der Waals surface area contributed by atoms with Gasteiger partial charge in [-0.15, -0.1) is 0 Å². The van der Waals surface area contributed by atoms with Crippen molar-refractivity contribution in [1.82, 2.24) is 4.98 Å². The fourth-order valence-corrected chi connectivity index (χ4v) is 3.53. The standard InChI is InChI=1S/C16H14BrN3O2S/c1-21-13-8-10(7-11(17)15(13)22-2)9-18-20-16-19-12-5-3-4-6-14(12)23-16/h3-9H,1-2H3,(H,19,20)/b18-9-. The molecule has 0 spiro atoms. The average Bonchev–Trinajstić information content (AvgIpc) is 2.97. The van der Waals surface area contributed by atoms with Crippen LogP contribution in [-0.2, 0) is 0 Å². The van der Waals surface area contributed by atoms with Crippen molar-refractivity contribution in [3.8, 4) is 11.5 Å². The monoisotopic (exact) mass is 391 g/mol. The number of fused-ring (bicyclic) bond motifs is 1. The maximum Gasteiger partial charge on any atom is 0.204 e. The van der Waals surface area contributed by atoms with Gasteiger partial charge in [0.1, 0.15) is 0 Å². The Morgan fingerprint density at radius 1 is 1.22 bits per heavy atom. The van der Waals surface area contributed by atoms with Crippen molar-refractivity contribution >= 4 is 48.8 Å². The summed E-state index contributed by atoms with van der Waals surface area (Å²) in [6.07, 6.45) is 1.71. The molecule has 0 saturated heterocycles. The molecule has 0 radical (unpaired) electrons. The number of benzene rings is 2. The van der Waals surface area contributed by atoms with Crippen LogP contribution in [0.2, 0.25) is 0 Å². The molecule has 1 aromatic heterocycles. The summed E-state index contributed by atoms with van der Waals surface area (Å²) in [5.41, 5.74) is 4.80. The second-order valence-corrected chi connectivity index (χ2v) is 6.48. The van der Waals surface area contributed by atoms with Crippen LogP contribution >= 0.6 is 27.3 Å². The van der Waals surface area contributed by atoms with Crippen LogP contribution in [0.25, 0.3) is 10.2 Å². The normalized spacial score (nSPS) is 11.1. The molecule has 1 heterocycles. The minimum atomic E-state index is 0.642. The number of halogens is 1. The molecular formula is C16H14BrN3O2S. The zero-order chi connectivity index (χ0) is 16.2. The van der Waals surface area contributed by atoms with E-state index in [1.54, 1.807) is 31.8 Å². The van der Waals surface area contributed by atoms with E-state index in [0.29, 0.717) is 11.5 Å². The molecule has 0 aliphatic rings. The van der Waals surface area contributed by atoms with Gasteiger partial charge in [-0.1, -0.05) is 23.5 Å². The number of methoxy groups -OCH3 is 2. The van der Waals surface area contributed by atoms with Gasteiger partial charge in [0, 0.05) is 0 Å². The van der Waals surface area contributed by atoms with Crippen molar-refractivity contribution < 1.29 is 9.47 Å². The topological polar surface area (TPSA) is 55.7 Å². The molecule has 0 aliphatic heterocycles. The van der Waals surface area contributed by atoms with Crippen LogP contribution in [0.4, 0.5) is 5.13 Å². The first-order valence-electron chi connectivity index (χ1n) is 6.77. The van der Waals surface area contributed by atoms with Crippen LogP contribution in [-0.4, -0.2) is 25.4 Å². The van der Waals surface area contributed by atoms with Crippen molar-refractivity contribution in [2.24, 2.45) is 5.10 Å². The highest BCUT2D eigenvalue weighted by Crippen LogP contribution is 2.35. The second-order valence-electron chi connectivity index (χ2n) is 4.59. The molecule has 7 heteroatoms. The van der Waals surface area contributed by atoms with E-state index in [0.717, 1.165) is 25.4 Å². The maximum atomic E-state index is 5.31. The summed E-state index contributed by atoms with van der Waals surface area (Å²) in [4.78, 5) is 4.46. The number of rotatable bonds is 5. The molecule has 0 saturated carbocycles. The number of hydrogen-bond acceptors (Lipinski definition) is 6. The Kier molecular flexibility index (Phi) is 4.78. The number of thiazole rings is 1. The quantitative estimate of drug-likeness (QED) is 0.512. The molecule has 0 fully saturated rings. The molecule has 3 aromatic rings. The lowest BCUT2D eigenvalue weighted by molar-refractivity contribution is 0.353. The Bertz CT molecular complexity index is 831. The van der Waals surface area contributed by atoms with Gasteiger partial charge in [0.05, 0.1) is 35.1 Å². The van der Waals surface area contributed by atoms with E-state index in [-0.39, 0.29) is 0 Å². The third kappa shape index (κ3) is 3.46. The molecule has 0 aliphatic carbocycles. The minimum Gasteiger partial charge on any atom is -0.493 e. The van der Waals surface area contributed by atoms with Gasteiger partial charge in [-0.3, -0.25) is 5.43 Å². The molecule has 0 amide bonds. The van der Waals surface area contributed by atoms with E-state index in [4.69, 9.17) is 9.47 Å². The lowest BCUT2D eigenvalue weighted by Gasteiger charge is -2.10. The summed E-state index contributed by atoms with van der Waals surface area (Å²) in [7, 11) is 3.20. The predicted octanol–water partition coefficient (Wildman–Crippen LogP) is 4.52. The lowest BCUT2D eigenvalue weighted by Crippen LogP contribution is -1.95. The third-order valence-electron chi connectivity index (χ3n) is 3.12. The molecule has 2 aromatic carbocycles. The lowest BCUT2D eigenvalue weighted by atomic mass is 10.2.